The molecule has 0 radical (unpaired) electrons. The number of rotatable bonds is 4. The third-order valence-electron chi connectivity index (χ3n) is 5.29. The first-order valence-electron chi connectivity index (χ1n) is 8.88. The number of hydrogen-bond acceptors (Lipinski definition) is 4. The molecule has 1 aliphatic rings. The standard InChI is InChI=1S/C21H24N2O2/c1-14-3-4-20-18(9-14)15(2)21(25-20)13-23-11-17(19(24)12-23)10-16-5-7-22-8-6-16/h3-9,17,19,24H,10-13H2,1-2H3/t17-,19-/m1/s1. The number of nitrogens with zero attached hydrogens (tertiary/aromatic N) is 2. The molecule has 0 amide bonds. The summed E-state index contributed by atoms with van der Waals surface area (Å²) in [6.07, 6.45) is 4.22. The van der Waals surface area contributed by atoms with Crippen molar-refractivity contribution in [2.24, 2.45) is 5.92 Å². The van der Waals surface area contributed by atoms with E-state index in [1.54, 1.807) is 0 Å². The van der Waals surface area contributed by atoms with Crippen LogP contribution in [-0.4, -0.2) is 34.2 Å². The van der Waals surface area contributed by atoms with Crippen LogP contribution in [0.1, 0.15) is 22.5 Å². The molecule has 0 saturated carbocycles. The average molecular weight is 336 g/mol. The molecule has 25 heavy (non-hydrogen) atoms. The maximum atomic E-state index is 10.5. The van der Waals surface area contributed by atoms with Crippen LogP contribution in [0, 0.1) is 19.8 Å². The Morgan fingerprint density at radius 1 is 1.16 bits per heavy atom. The van der Waals surface area contributed by atoms with E-state index >= 15 is 0 Å². The Bertz CT molecular complexity index is 872. The van der Waals surface area contributed by atoms with E-state index in [4.69, 9.17) is 4.42 Å². The lowest BCUT2D eigenvalue weighted by atomic mass is 9.97. The fourth-order valence-corrected chi connectivity index (χ4v) is 3.83. The molecule has 3 heterocycles. The van der Waals surface area contributed by atoms with Gasteiger partial charge < -0.3 is 9.52 Å². The molecule has 1 aliphatic heterocycles. The van der Waals surface area contributed by atoms with Crippen LogP contribution in [0.5, 0.6) is 0 Å². The van der Waals surface area contributed by atoms with Crippen molar-refractivity contribution in [3.8, 4) is 0 Å². The second kappa shape index (κ2) is 6.62. The highest BCUT2D eigenvalue weighted by molar-refractivity contribution is 5.82. The van der Waals surface area contributed by atoms with Crippen LogP contribution in [0.4, 0.5) is 0 Å². The molecular weight excluding hydrogens is 312 g/mol. The minimum atomic E-state index is -0.292. The van der Waals surface area contributed by atoms with Crippen molar-refractivity contribution in [2.75, 3.05) is 13.1 Å². The first kappa shape index (κ1) is 16.3. The van der Waals surface area contributed by atoms with Crippen molar-refractivity contribution in [1.29, 1.82) is 0 Å². The molecule has 1 N–H and O–H groups in total. The first-order chi connectivity index (χ1) is 12.1. The van der Waals surface area contributed by atoms with Gasteiger partial charge in [0.15, 0.2) is 0 Å². The zero-order valence-corrected chi connectivity index (χ0v) is 14.8. The van der Waals surface area contributed by atoms with Gasteiger partial charge in [-0.2, -0.15) is 0 Å². The van der Waals surface area contributed by atoms with Gasteiger partial charge in [-0.25, -0.2) is 0 Å². The molecule has 1 fully saturated rings. The number of benzene rings is 1. The summed E-state index contributed by atoms with van der Waals surface area (Å²) in [4.78, 5) is 6.36. The largest absolute Gasteiger partial charge is 0.459 e. The van der Waals surface area contributed by atoms with Gasteiger partial charge in [0.1, 0.15) is 11.3 Å². The van der Waals surface area contributed by atoms with E-state index in [1.165, 1.54) is 22.1 Å². The molecule has 2 aromatic heterocycles. The zero-order valence-electron chi connectivity index (χ0n) is 14.8. The predicted molar refractivity (Wildman–Crippen MR) is 98.4 cm³/mol. The van der Waals surface area contributed by atoms with E-state index < -0.39 is 0 Å². The van der Waals surface area contributed by atoms with Crippen LogP contribution in [0.2, 0.25) is 0 Å². The quantitative estimate of drug-likeness (QED) is 0.792. The second-order valence-corrected chi connectivity index (χ2v) is 7.23. The molecule has 4 rings (SSSR count). The van der Waals surface area contributed by atoms with E-state index in [9.17, 15) is 5.11 Å². The first-order valence-corrected chi connectivity index (χ1v) is 8.88. The lowest BCUT2D eigenvalue weighted by Gasteiger charge is -2.14. The third-order valence-corrected chi connectivity index (χ3v) is 5.29. The number of likely N-dealkylation sites (tertiary alicyclic amines) is 1. The van der Waals surface area contributed by atoms with Crippen molar-refractivity contribution in [2.45, 2.75) is 32.9 Å². The number of hydrogen-bond donors (Lipinski definition) is 1. The smallest absolute Gasteiger partial charge is 0.134 e. The molecule has 0 bridgehead atoms. The van der Waals surface area contributed by atoms with Crippen molar-refractivity contribution < 1.29 is 9.52 Å². The molecule has 1 aromatic carbocycles. The monoisotopic (exact) mass is 336 g/mol. The molecule has 4 heteroatoms. The predicted octanol–water partition coefficient (Wildman–Crippen LogP) is 3.48. The molecule has 1 saturated heterocycles. The van der Waals surface area contributed by atoms with Crippen molar-refractivity contribution >= 4 is 11.0 Å². The highest BCUT2D eigenvalue weighted by atomic mass is 16.3. The summed E-state index contributed by atoms with van der Waals surface area (Å²) in [6, 6.07) is 10.4. The Kier molecular flexibility index (Phi) is 4.32. The summed E-state index contributed by atoms with van der Waals surface area (Å²) < 4.78 is 6.07. The number of fused-ring (bicyclic) bond motifs is 1. The summed E-state index contributed by atoms with van der Waals surface area (Å²) in [7, 11) is 0. The minimum Gasteiger partial charge on any atom is -0.459 e. The lowest BCUT2D eigenvalue weighted by Crippen LogP contribution is -2.21. The number of aliphatic hydroxyl groups excluding tert-OH is 1. The van der Waals surface area contributed by atoms with E-state index in [0.717, 1.165) is 30.9 Å². The highest BCUT2D eigenvalue weighted by Crippen LogP contribution is 2.29. The molecule has 0 aliphatic carbocycles. The number of furan rings is 1. The summed E-state index contributed by atoms with van der Waals surface area (Å²) in [6.45, 7) is 6.57. The van der Waals surface area contributed by atoms with Crippen molar-refractivity contribution in [1.82, 2.24) is 9.88 Å². The van der Waals surface area contributed by atoms with E-state index in [0.29, 0.717) is 6.54 Å². The van der Waals surface area contributed by atoms with Gasteiger partial charge in [-0.15, -0.1) is 0 Å². The Labute approximate surface area is 148 Å². The molecule has 2 atom stereocenters. The highest BCUT2D eigenvalue weighted by Gasteiger charge is 2.32. The number of aryl methyl sites for hydroxylation is 2. The van der Waals surface area contributed by atoms with Crippen LogP contribution < -0.4 is 0 Å². The van der Waals surface area contributed by atoms with Gasteiger partial charge in [-0.3, -0.25) is 9.88 Å². The van der Waals surface area contributed by atoms with Crippen molar-refractivity contribution in [3.63, 3.8) is 0 Å². The van der Waals surface area contributed by atoms with Crippen LogP contribution in [0.15, 0.2) is 47.1 Å². The van der Waals surface area contributed by atoms with Gasteiger partial charge in [-0.05, 0) is 55.7 Å². The summed E-state index contributed by atoms with van der Waals surface area (Å²) in [5.41, 5.74) is 4.64. The Balaban J connectivity index is 1.48. The molecule has 0 spiro atoms. The molecule has 3 aromatic rings. The molecule has 4 nitrogen and oxygen atoms in total. The normalized spacial score (nSPS) is 21.2. The van der Waals surface area contributed by atoms with Crippen LogP contribution in [-0.2, 0) is 13.0 Å². The third kappa shape index (κ3) is 3.32. The average Bonchev–Trinajstić information content (AvgIpc) is 3.09. The van der Waals surface area contributed by atoms with Gasteiger partial charge in [0.2, 0.25) is 0 Å². The SMILES string of the molecule is Cc1ccc2oc(CN3C[C@@H](Cc4ccncc4)[C@H](O)C3)c(C)c2c1. The maximum absolute atomic E-state index is 10.5. The lowest BCUT2D eigenvalue weighted by molar-refractivity contribution is 0.140. The Hall–Kier alpha value is -2.17. The number of aromatic nitrogens is 1. The molecule has 130 valence electrons. The molecule has 0 unspecified atom stereocenters. The van der Waals surface area contributed by atoms with Crippen molar-refractivity contribution in [3.05, 3.63) is 65.2 Å². The number of pyridine rings is 1. The Morgan fingerprint density at radius 2 is 1.96 bits per heavy atom. The van der Waals surface area contributed by atoms with Gasteiger partial charge in [-0.1, -0.05) is 11.6 Å². The topological polar surface area (TPSA) is 49.5 Å². The minimum absolute atomic E-state index is 0.259. The zero-order chi connectivity index (χ0) is 17.4. The van der Waals surface area contributed by atoms with Gasteiger partial charge in [0.05, 0.1) is 12.6 Å². The summed E-state index contributed by atoms with van der Waals surface area (Å²) in [5.74, 6) is 1.27. The number of β-amino-alcohol motifs (C(OH)–C–C–N with tert-alkyl or cyclic N) is 1. The summed E-state index contributed by atoms with van der Waals surface area (Å²) >= 11 is 0. The van der Waals surface area contributed by atoms with Crippen LogP contribution in [0.25, 0.3) is 11.0 Å². The molecular formula is C21H24N2O2. The van der Waals surface area contributed by atoms with Crippen LogP contribution >= 0.6 is 0 Å². The van der Waals surface area contributed by atoms with Gasteiger partial charge in [0.25, 0.3) is 0 Å². The summed E-state index contributed by atoms with van der Waals surface area (Å²) in [5, 5.41) is 11.7. The van der Waals surface area contributed by atoms with E-state index in [2.05, 4.69) is 35.9 Å². The fourth-order valence-electron chi connectivity index (χ4n) is 3.83. The Morgan fingerprint density at radius 3 is 2.76 bits per heavy atom. The fraction of sp³-hybridized carbons (Fsp3) is 0.381. The van der Waals surface area contributed by atoms with E-state index in [1.807, 2.05) is 30.6 Å². The number of aliphatic hydroxyl groups is 1. The van der Waals surface area contributed by atoms with Gasteiger partial charge in [0, 0.05) is 36.8 Å². The second-order valence-electron chi connectivity index (χ2n) is 7.23. The maximum Gasteiger partial charge on any atom is 0.134 e. The van der Waals surface area contributed by atoms with Gasteiger partial charge >= 0.3 is 0 Å². The van der Waals surface area contributed by atoms with E-state index in [-0.39, 0.29) is 12.0 Å². The van der Waals surface area contributed by atoms with Crippen LogP contribution in [0.3, 0.4) is 0 Å².